The van der Waals surface area contributed by atoms with Crippen molar-refractivity contribution in [2.45, 2.75) is 30.7 Å². The van der Waals surface area contributed by atoms with E-state index < -0.39 is 0 Å². The molecular weight excluding hydrogens is 291 g/mol. The van der Waals surface area contributed by atoms with Gasteiger partial charge in [0.2, 0.25) is 5.95 Å². The van der Waals surface area contributed by atoms with Crippen molar-refractivity contribution in [3.8, 4) is 0 Å². The lowest BCUT2D eigenvalue weighted by molar-refractivity contribution is 0.343. The Kier molecular flexibility index (Phi) is 4.35. The fourth-order valence-electron chi connectivity index (χ4n) is 2.39. The molecular formula is C13H17FN6S. The fraction of sp³-hybridized carbons (Fsp3) is 0.462. The van der Waals surface area contributed by atoms with Crippen LogP contribution in [0, 0.1) is 6.92 Å². The van der Waals surface area contributed by atoms with Gasteiger partial charge in [0.1, 0.15) is 0 Å². The zero-order valence-corrected chi connectivity index (χ0v) is 12.5. The average Bonchev–Trinajstić information content (AvgIpc) is 2.97. The molecule has 0 aliphatic carbocycles. The maximum absolute atomic E-state index is 12.6. The molecule has 2 N–H and O–H groups in total. The first-order valence-corrected chi connectivity index (χ1v) is 7.62. The van der Waals surface area contributed by atoms with E-state index in [1.807, 2.05) is 10.9 Å². The van der Waals surface area contributed by atoms with Crippen LogP contribution in [0.1, 0.15) is 24.6 Å². The summed E-state index contributed by atoms with van der Waals surface area (Å²) >= 11 is 0.158. The van der Waals surface area contributed by atoms with Crippen molar-refractivity contribution in [2.75, 3.05) is 18.4 Å². The number of anilines is 2. The normalized spacial score (nSPS) is 16.1. The molecule has 8 heteroatoms. The Hall–Kier alpha value is -1.67. The van der Waals surface area contributed by atoms with Crippen LogP contribution in [0.15, 0.2) is 23.5 Å². The molecule has 0 unspecified atom stereocenters. The van der Waals surface area contributed by atoms with Crippen molar-refractivity contribution in [1.29, 1.82) is 0 Å². The van der Waals surface area contributed by atoms with Gasteiger partial charge < -0.3 is 10.6 Å². The molecule has 1 saturated heterocycles. The average molecular weight is 308 g/mol. The van der Waals surface area contributed by atoms with E-state index in [1.165, 1.54) is 6.20 Å². The van der Waals surface area contributed by atoms with Crippen molar-refractivity contribution in [2.24, 2.45) is 0 Å². The Morgan fingerprint density at radius 1 is 1.38 bits per heavy atom. The Morgan fingerprint density at radius 3 is 2.90 bits per heavy atom. The molecule has 1 aliphatic heterocycles. The fourth-order valence-corrected chi connectivity index (χ4v) is 2.64. The summed E-state index contributed by atoms with van der Waals surface area (Å²) < 4.78 is 14.5. The van der Waals surface area contributed by atoms with E-state index in [-0.39, 0.29) is 12.1 Å². The van der Waals surface area contributed by atoms with E-state index in [4.69, 9.17) is 0 Å². The highest BCUT2D eigenvalue weighted by molar-refractivity contribution is 7.94. The predicted molar refractivity (Wildman–Crippen MR) is 80.4 cm³/mol. The third-order valence-electron chi connectivity index (χ3n) is 3.56. The Balaban J connectivity index is 1.70. The number of aromatic nitrogens is 4. The minimum absolute atomic E-state index is 0.158. The van der Waals surface area contributed by atoms with E-state index in [0.29, 0.717) is 22.6 Å². The van der Waals surface area contributed by atoms with Crippen LogP contribution in [-0.4, -0.2) is 32.8 Å². The van der Waals surface area contributed by atoms with Crippen molar-refractivity contribution in [3.63, 3.8) is 0 Å². The summed E-state index contributed by atoms with van der Waals surface area (Å²) in [5.41, 5.74) is 1.46. The van der Waals surface area contributed by atoms with E-state index in [1.54, 1.807) is 13.1 Å². The first-order valence-electron chi connectivity index (χ1n) is 6.90. The molecule has 2 aromatic heterocycles. The van der Waals surface area contributed by atoms with Gasteiger partial charge >= 0.3 is 0 Å². The lowest BCUT2D eigenvalue weighted by atomic mass is 10.1. The second kappa shape index (κ2) is 6.40. The Bertz CT molecular complexity index is 610. The van der Waals surface area contributed by atoms with E-state index in [0.717, 1.165) is 31.6 Å². The summed E-state index contributed by atoms with van der Waals surface area (Å²) in [5, 5.41) is 10.8. The molecule has 1 aliphatic rings. The summed E-state index contributed by atoms with van der Waals surface area (Å²) in [6, 6.07) is 0.440. The van der Waals surface area contributed by atoms with Crippen molar-refractivity contribution in [1.82, 2.24) is 25.1 Å². The molecule has 112 valence electrons. The number of nitrogens with one attached hydrogen (secondary N) is 2. The van der Waals surface area contributed by atoms with Crippen LogP contribution in [0.2, 0.25) is 0 Å². The number of rotatable bonds is 4. The monoisotopic (exact) mass is 308 g/mol. The zero-order valence-electron chi connectivity index (χ0n) is 11.7. The lowest BCUT2D eigenvalue weighted by Gasteiger charge is -2.22. The van der Waals surface area contributed by atoms with Gasteiger partial charge in [-0.1, -0.05) is 0 Å². The molecule has 0 saturated carbocycles. The van der Waals surface area contributed by atoms with E-state index in [2.05, 4.69) is 25.7 Å². The predicted octanol–water partition coefficient (Wildman–Crippen LogP) is 2.63. The summed E-state index contributed by atoms with van der Waals surface area (Å²) in [6.07, 6.45) is 7.37. The van der Waals surface area contributed by atoms with Crippen LogP contribution in [0.4, 0.5) is 15.5 Å². The largest absolute Gasteiger partial charge is 0.321 e. The standard InChI is InChI=1S/C13H17FN6S/c1-9-12(21-14)7-16-13(18-9)19-10-6-17-20(8-10)11-2-4-15-5-3-11/h6-8,11,15H,2-5H2,1H3,(H,16,18,19). The van der Waals surface area contributed by atoms with Gasteiger partial charge in [-0.25, -0.2) is 9.97 Å². The number of hydrogen-bond donors (Lipinski definition) is 2. The summed E-state index contributed by atoms with van der Waals surface area (Å²) in [4.78, 5) is 8.76. The molecule has 0 radical (unpaired) electrons. The third kappa shape index (κ3) is 3.33. The van der Waals surface area contributed by atoms with Crippen LogP contribution in [0.3, 0.4) is 0 Å². The quantitative estimate of drug-likeness (QED) is 0.905. The first kappa shape index (κ1) is 14.3. The van der Waals surface area contributed by atoms with Crippen LogP contribution in [0.25, 0.3) is 0 Å². The molecule has 2 aromatic rings. The van der Waals surface area contributed by atoms with Crippen molar-refractivity contribution < 1.29 is 3.89 Å². The topological polar surface area (TPSA) is 67.7 Å². The van der Waals surface area contributed by atoms with Gasteiger partial charge in [0.15, 0.2) is 0 Å². The number of nitrogens with zero attached hydrogens (tertiary/aromatic N) is 4. The Morgan fingerprint density at radius 2 is 2.19 bits per heavy atom. The molecule has 0 bridgehead atoms. The summed E-state index contributed by atoms with van der Waals surface area (Å²) in [6.45, 7) is 3.81. The molecule has 0 atom stereocenters. The van der Waals surface area contributed by atoms with Gasteiger partial charge in [-0.05, 0) is 32.9 Å². The highest BCUT2D eigenvalue weighted by Crippen LogP contribution is 2.23. The molecule has 0 spiro atoms. The smallest absolute Gasteiger partial charge is 0.227 e. The molecule has 0 aromatic carbocycles. The maximum atomic E-state index is 12.6. The van der Waals surface area contributed by atoms with Gasteiger partial charge in [0.05, 0.1) is 40.7 Å². The molecule has 1 fully saturated rings. The van der Waals surface area contributed by atoms with Crippen LogP contribution in [0.5, 0.6) is 0 Å². The van der Waals surface area contributed by atoms with Gasteiger partial charge in [-0.15, -0.1) is 0 Å². The van der Waals surface area contributed by atoms with E-state index >= 15 is 0 Å². The molecule has 0 amide bonds. The van der Waals surface area contributed by atoms with Crippen LogP contribution in [-0.2, 0) is 0 Å². The van der Waals surface area contributed by atoms with Gasteiger partial charge in [0.25, 0.3) is 0 Å². The van der Waals surface area contributed by atoms with Gasteiger partial charge in [0, 0.05) is 12.4 Å². The van der Waals surface area contributed by atoms with Crippen molar-refractivity contribution >= 4 is 23.8 Å². The summed E-state index contributed by atoms with van der Waals surface area (Å²) in [7, 11) is 0. The van der Waals surface area contributed by atoms with E-state index in [9.17, 15) is 3.89 Å². The van der Waals surface area contributed by atoms with Crippen LogP contribution < -0.4 is 10.6 Å². The maximum Gasteiger partial charge on any atom is 0.227 e. The van der Waals surface area contributed by atoms with Crippen LogP contribution >= 0.6 is 12.1 Å². The van der Waals surface area contributed by atoms with Gasteiger partial charge in [-0.2, -0.15) is 8.98 Å². The lowest BCUT2D eigenvalue weighted by Crippen LogP contribution is -2.29. The first-order chi connectivity index (χ1) is 10.3. The number of aryl methyl sites for hydroxylation is 1. The second-order valence-electron chi connectivity index (χ2n) is 5.04. The highest BCUT2D eigenvalue weighted by atomic mass is 32.2. The summed E-state index contributed by atoms with van der Waals surface area (Å²) in [5.74, 6) is 0.454. The SMILES string of the molecule is Cc1nc(Nc2cnn(C3CCNCC3)c2)ncc1SF. The molecule has 6 nitrogen and oxygen atoms in total. The zero-order chi connectivity index (χ0) is 14.7. The second-order valence-corrected chi connectivity index (χ2v) is 5.63. The molecule has 21 heavy (non-hydrogen) atoms. The molecule has 3 rings (SSSR count). The minimum Gasteiger partial charge on any atom is -0.321 e. The number of piperidine rings is 1. The Labute approximate surface area is 126 Å². The highest BCUT2D eigenvalue weighted by Gasteiger charge is 2.16. The number of hydrogen-bond acceptors (Lipinski definition) is 6. The van der Waals surface area contributed by atoms with Crippen molar-refractivity contribution in [3.05, 3.63) is 24.3 Å². The van der Waals surface area contributed by atoms with Gasteiger partial charge in [-0.3, -0.25) is 4.68 Å². The third-order valence-corrected chi connectivity index (χ3v) is 4.12. The minimum atomic E-state index is 0.158. The molecule has 3 heterocycles. The number of halogens is 1.